The number of para-hydroxylation sites is 1. The SMILES string of the molecule is COCCn1nnnc1[C@H]1CN(C(=O)c2cc3cccc(C)c3o2)CCO1. The Morgan fingerprint density at radius 3 is 3.11 bits per heavy atom. The highest BCUT2D eigenvalue weighted by Gasteiger charge is 2.31. The number of aromatic nitrogens is 4. The number of hydrogen-bond donors (Lipinski definition) is 0. The lowest BCUT2D eigenvalue weighted by Gasteiger charge is -2.31. The number of fused-ring (bicyclic) bond motifs is 1. The lowest BCUT2D eigenvalue weighted by Crippen LogP contribution is -2.43. The predicted molar refractivity (Wildman–Crippen MR) is 95.2 cm³/mol. The second-order valence-electron chi connectivity index (χ2n) is 6.47. The van der Waals surface area contributed by atoms with Crippen LogP contribution in [0.4, 0.5) is 0 Å². The molecule has 0 spiro atoms. The van der Waals surface area contributed by atoms with Crippen LogP contribution in [0.15, 0.2) is 28.7 Å². The summed E-state index contributed by atoms with van der Waals surface area (Å²) in [4.78, 5) is 14.7. The summed E-state index contributed by atoms with van der Waals surface area (Å²) < 4.78 is 18.4. The van der Waals surface area contributed by atoms with Crippen LogP contribution in [0.3, 0.4) is 0 Å². The highest BCUT2D eigenvalue weighted by molar-refractivity contribution is 5.96. The molecule has 27 heavy (non-hydrogen) atoms. The Balaban J connectivity index is 1.53. The van der Waals surface area contributed by atoms with Gasteiger partial charge in [0.15, 0.2) is 11.6 Å². The van der Waals surface area contributed by atoms with Gasteiger partial charge >= 0.3 is 0 Å². The molecule has 1 aliphatic heterocycles. The molecule has 0 unspecified atom stereocenters. The molecule has 1 amide bonds. The molecule has 2 aromatic heterocycles. The Morgan fingerprint density at radius 1 is 1.41 bits per heavy atom. The van der Waals surface area contributed by atoms with Crippen molar-refractivity contribution >= 4 is 16.9 Å². The van der Waals surface area contributed by atoms with Gasteiger partial charge in [0.25, 0.3) is 5.91 Å². The Morgan fingerprint density at radius 2 is 2.30 bits per heavy atom. The molecule has 1 fully saturated rings. The Labute approximate surface area is 155 Å². The molecule has 9 nitrogen and oxygen atoms in total. The fourth-order valence-corrected chi connectivity index (χ4v) is 3.24. The van der Waals surface area contributed by atoms with E-state index in [1.165, 1.54) is 0 Å². The number of morpholine rings is 1. The van der Waals surface area contributed by atoms with Gasteiger partial charge in [-0.3, -0.25) is 4.79 Å². The van der Waals surface area contributed by atoms with E-state index in [1.807, 2.05) is 25.1 Å². The van der Waals surface area contributed by atoms with Crippen molar-refractivity contribution in [3.8, 4) is 0 Å². The number of aryl methyl sites for hydroxylation is 1. The van der Waals surface area contributed by atoms with Crippen LogP contribution in [-0.4, -0.2) is 64.4 Å². The van der Waals surface area contributed by atoms with Gasteiger partial charge < -0.3 is 18.8 Å². The minimum absolute atomic E-state index is 0.158. The van der Waals surface area contributed by atoms with E-state index < -0.39 is 0 Å². The number of amides is 1. The Hall–Kier alpha value is -2.78. The summed E-state index contributed by atoms with van der Waals surface area (Å²) in [7, 11) is 1.62. The molecular weight excluding hydrogens is 350 g/mol. The first kappa shape index (κ1) is 17.6. The molecule has 0 bridgehead atoms. The van der Waals surface area contributed by atoms with Crippen molar-refractivity contribution in [2.45, 2.75) is 19.6 Å². The largest absolute Gasteiger partial charge is 0.451 e. The summed E-state index contributed by atoms with van der Waals surface area (Å²) in [6.07, 6.45) is -0.388. The van der Waals surface area contributed by atoms with Crippen LogP contribution in [-0.2, 0) is 16.0 Å². The fraction of sp³-hybridized carbons (Fsp3) is 0.444. The van der Waals surface area contributed by atoms with Gasteiger partial charge in [0.2, 0.25) is 0 Å². The number of carbonyl (C=O) groups is 1. The smallest absolute Gasteiger partial charge is 0.289 e. The number of benzene rings is 1. The number of methoxy groups -OCH3 is 1. The van der Waals surface area contributed by atoms with Crippen LogP contribution in [0, 0.1) is 6.92 Å². The van der Waals surface area contributed by atoms with Crippen molar-refractivity contribution in [1.82, 2.24) is 25.1 Å². The zero-order valence-electron chi connectivity index (χ0n) is 15.3. The number of rotatable bonds is 5. The molecule has 1 saturated heterocycles. The van der Waals surface area contributed by atoms with Gasteiger partial charge in [0.05, 0.1) is 26.3 Å². The molecule has 1 aliphatic rings. The summed E-state index contributed by atoms with van der Waals surface area (Å²) >= 11 is 0. The Kier molecular flexibility index (Phi) is 4.87. The molecule has 0 N–H and O–H groups in total. The number of ether oxygens (including phenoxy) is 2. The van der Waals surface area contributed by atoms with Gasteiger partial charge in [0.1, 0.15) is 11.7 Å². The van der Waals surface area contributed by atoms with Crippen molar-refractivity contribution < 1.29 is 18.7 Å². The summed E-state index contributed by atoms with van der Waals surface area (Å²) in [5.41, 5.74) is 1.75. The zero-order valence-corrected chi connectivity index (χ0v) is 15.3. The van der Waals surface area contributed by atoms with Gasteiger partial charge in [-0.1, -0.05) is 18.2 Å². The second kappa shape index (κ2) is 7.45. The zero-order chi connectivity index (χ0) is 18.8. The molecule has 9 heteroatoms. The second-order valence-corrected chi connectivity index (χ2v) is 6.47. The van der Waals surface area contributed by atoms with Crippen molar-refractivity contribution in [2.24, 2.45) is 0 Å². The fourth-order valence-electron chi connectivity index (χ4n) is 3.24. The van der Waals surface area contributed by atoms with E-state index in [0.717, 1.165) is 16.5 Å². The van der Waals surface area contributed by atoms with Crippen LogP contribution >= 0.6 is 0 Å². The summed E-state index contributed by atoms with van der Waals surface area (Å²) in [5.74, 6) is 0.763. The number of hydrogen-bond acceptors (Lipinski definition) is 7. The van der Waals surface area contributed by atoms with E-state index in [4.69, 9.17) is 13.9 Å². The minimum Gasteiger partial charge on any atom is -0.451 e. The lowest BCUT2D eigenvalue weighted by molar-refractivity contribution is -0.0300. The molecule has 142 valence electrons. The maximum Gasteiger partial charge on any atom is 0.289 e. The number of carbonyl (C=O) groups excluding carboxylic acids is 1. The van der Waals surface area contributed by atoms with E-state index in [0.29, 0.717) is 44.4 Å². The third-order valence-corrected chi connectivity index (χ3v) is 4.66. The third-order valence-electron chi connectivity index (χ3n) is 4.66. The van der Waals surface area contributed by atoms with Crippen LogP contribution in [0.1, 0.15) is 28.0 Å². The van der Waals surface area contributed by atoms with Gasteiger partial charge in [-0.15, -0.1) is 5.10 Å². The summed E-state index contributed by atoms with van der Waals surface area (Å²) in [5, 5.41) is 12.7. The number of furan rings is 1. The van der Waals surface area contributed by atoms with E-state index >= 15 is 0 Å². The van der Waals surface area contributed by atoms with Crippen molar-refractivity contribution in [1.29, 1.82) is 0 Å². The summed E-state index contributed by atoms with van der Waals surface area (Å²) in [6.45, 7) is 4.24. The first-order chi connectivity index (χ1) is 13.2. The standard InChI is InChI=1S/C18H21N5O4/c1-12-4-3-5-13-10-14(27-16(12)13)18(24)22-6-9-26-15(11-22)17-19-20-21-23(17)7-8-25-2/h3-5,10,15H,6-9,11H2,1-2H3/t15-/m1/s1. The van der Waals surface area contributed by atoms with E-state index in [9.17, 15) is 4.79 Å². The topological polar surface area (TPSA) is 95.5 Å². The molecular formula is C18H21N5O4. The highest BCUT2D eigenvalue weighted by atomic mass is 16.5. The van der Waals surface area contributed by atoms with Crippen molar-refractivity contribution in [3.63, 3.8) is 0 Å². The molecule has 1 atom stereocenters. The average Bonchev–Trinajstić information content (AvgIpc) is 3.33. The monoisotopic (exact) mass is 371 g/mol. The Bertz CT molecular complexity index is 950. The van der Waals surface area contributed by atoms with Gasteiger partial charge in [-0.25, -0.2) is 4.68 Å². The van der Waals surface area contributed by atoms with Crippen LogP contribution < -0.4 is 0 Å². The molecule has 3 heterocycles. The number of nitrogens with zero attached hydrogens (tertiary/aromatic N) is 5. The van der Waals surface area contributed by atoms with E-state index in [-0.39, 0.29) is 12.0 Å². The van der Waals surface area contributed by atoms with Crippen molar-refractivity contribution in [3.05, 3.63) is 41.4 Å². The van der Waals surface area contributed by atoms with E-state index in [1.54, 1.807) is 22.8 Å². The van der Waals surface area contributed by atoms with Crippen molar-refractivity contribution in [2.75, 3.05) is 33.4 Å². The average molecular weight is 371 g/mol. The number of tetrazole rings is 1. The lowest BCUT2D eigenvalue weighted by atomic mass is 10.2. The quantitative estimate of drug-likeness (QED) is 0.672. The minimum atomic E-state index is -0.388. The van der Waals surface area contributed by atoms with Crippen LogP contribution in [0.25, 0.3) is 11.0 Å². The maximum absolute atomic E-state index is 13.0. The molecule has 0 saturated carbocycles. The summed E-state index contributed by atoms with van der Waals surface area (Å²) in [6, 6.07) is 7.64. The first-order valence-electron chi connectivity index (χ1n) is 8.82. The van der Waals surface area contributed by atoms with Gasteiger partial charge in [-0.05, 0) is 29.0 Å². The predicted octanol–water partition coefficient (Wildman–Crippen LogP) is 1.59. The molecule has 3 aromatic rings. The first-order valence-corrected chi connectivity index (χ1v) is 8.82. The highest BCUT2D eigenvalue weighted by Crippen LogP contribution is 2.26. The normalized spacial score (nSPS) is 17.6. The van der Waals surface area contributed by atoms with Gasteiger partial charge in [-0.2, -0.15) is 0 Å². The van der Waals surface area contributed by atoms with Gasteiger partial charge in [0, 0.05) is 19.0 Å². The molecule has 0 radical (unpaired) electrons. The third kappa shape index (κ3) is 3.43. The molecule has 4 rings (SSSR count). The van der Waals surface area contributed by atoms with Crippen LogP contribution in [0.5, 0.6) is 0 Å². The molecule has 0 aliphatic carbocycles. The maximum atomic E-state index is 13.0. The molecule has 1 aromatic carbocycles. The van der Waals surface area contributed by atoms with E-state index in [2.05, 4.69) is 15.5 Å². The van der Waals surface area contributed by atoms with Crippen LogP contribution in [0.2, 0.25) is 0 Å².